The lowest BCUT2D eigenvalue weighted by molar-refractivity contribution is -0.153. The number of piperidine rings is 1. The summed E-state index contributed by atoms with van der Waals surface area (Å²) in [6, 6.07) is 0.0202. The van der Waals surface area contributed by atoms with Gasteiger partial charge in [-0.25, -0.2) is 4.79 Å². The van der Waals surface area contributed by atoms with Crippen LogP contribution in [0.5, 0.6) is 0 Å². The fourth-order valence-corrected chi connectivity index (χ4v) is 3.36. The van der Waals surface area contributed by atoms with Crippen LogP contribution in [0.4, 0.5) is 4.79 Å². The molecule has 0 spiro atoms. The van der Waals surface area contributed by atoms with Gasteiger partial charge in [0.2, 0.25) is 0 Å². The van der Waals surface area contributed by atoms with Crippen LogP contribution in [0.3, 0.4) is 0 Å². The van der Waals surface area contributed by atoms with Crippen molar-refractivity contribution in [2.75, 3.05) is 33.3 Å². The van der Waals surface area contributed by atoms with E-state index in [9.17, 15) is 14.7 Å². The van der Waals surface area contributed by atoms with Crippen LogP contribution in [0, 0.1) is 11.3 Å². The maximum Gasteiger partial charge on any atom is 0.320 e. The maximum atomic E-state index is 12.3. The first-order chi connectivity index (χ1) is 9.88. The lowest BCUT2D eigenvalue weighted by atomic mass is 9.73. The minimum Gasteiger partial charge on any atom is -0.481 e. The first-order valence-electron chi connectivity index (χ1n) is 7.68. The molecule has 2 saturated heterocycles. The molecule has 0 aromatic carbocycles. The third-order valence-corrected chi connectivity index (χ3v) is 4.70. The summed E-state index contributed by atoms with van der Waals surface area (Å²) in [6.07, 6.45) is 1.93. The molecule has 2 aliphatic heterocycles. The van der Waals surface area contributed by atoms with E-state index in [0.29, 0.717) is 51.4 Å². The molecule has 0 aromatic rings. The van der Waals surface area contributed by atoms with Crippen LogP contribution in [-0.2, 0) is 9.53 Å². The van der Waals surface area contributed by atoms with Crippen molar-refractivity contribution in [1.29, 1.82) is 0 Å². The van der Waals surface area contributed by atoms with E-state index in [-0.39, 0.29) is 12.1 Å². The number of carboxylic acid groups (broad SMARTS) is 1. The molecule has 0 saturated carbocycles. The second kappa shape index (κ2) is 6.22. The molecule has 0 atom stereocenters. The van der Waals surface area contributed by atoms with E-state index in [0.717, 1.165) is 0 Å². The molecule has 2 amide bonds. The normalized spacial score (nSPS) is 22.3. The van der Waals surface area contributed by atoms with Gasteiger partial charge in [0.15, 0.2) is 0 Å². The van der Waals surface area contributed by atoms with E-state index in [1.165, 1.54) is 0 Å². The van der Waals surface area contributed by atoms with Crippen molar-refractivity contribution in [2.24, 2.45) is 11.3 Å². The van der Waals surface area contributed by atoms with Gasteiger partial charge in [0.25, 0.3) is 0 Å². The average Bonchev–Trinajstić information content (AvgIpc) is 2.37. The van der Waals surface area contributed by atoms with Crippen molar-refractivity contribution in [3.8, 4) is 0 Å². The third-order valence-electron chi connectivity index (χ3n) is 4.70. The topological polar surface area (TPSA) is 70.1 Å². The van der Waals surface area contributed by atoms with Gasteiger partial charge in [0, 0.05) is 20.2 Å². The molecular formula is C15H26N2O4. The summed E-state index contributed by atoms with van der Waals surface area (Å²) in [5.74, 6) is -0.368. The summed E-state index contributed by atoms with van der Waals surface area (Å²) in [5, 5.41) is 9.57. The zero-order valence-electron chi connectivity index (χ0n) is 13.2. The zero-order valence-corrected chi connectivity index (χ0v) is 13.2. The van der Waals surface area contributed by atoms with E-state index in [1.54, 1.807) is 16.9 Å². The molecule has 0 unspecified atom stereocenters. The molecule has 0 bridgehead atoms. The van der Waals surface area contributed by atoms with Gasteiger partial charge in [-0.1, -0.05) is 13.8 Å². The highest BCUT2D eigenvalue weighted by atomic mass is 16.5. The van der Waals surface area contributed by atoms with Crippen molar-refractivity contribution in [2.45, 2.75) is 39.2 Å². The number of methoxy groups -OCH3 is 1. The minimum absolute atomic E-state index is 0.0202. The first-order valence-corrected chi connectivity index (χ1v) is 7.68. The number of hydrogen-bond donors (Lipinski definition) is 1. The van der Waals surface area contributed by atoms with Gasteiger partial charge in [-0.2, -0.15) is 0 Å². The Bertz CT molecular complexity index is 396. The molecule has 0 aromatic heterocycles. The highest BCUT2D eigenvalue weighted by Gasteiger charge is 2.44. The highest BCUT2D eigenvalue weighted by molar-refractivity contribution is 5.78. The van der Waals surface area contributed by atoms with Crippen LogP contribution in [0.15, 0.2) is 0 Å². The summed E-state index contributed by atoms with van der Waals surface area (Å²) >= 11 is 0. The van der Waals surface area contributed by atoms with E-state index < -0.39 is 11.4 Å². The molecule has 6 heteroatoms. The largest absolute Gasteiger partial charge is 0.481 e. The van der Waals surface area contributed by atoms with E-state index in [1.807, 2.05) is 13.8 Å². The number of carboxylic acids is 1. The number of rotatable bonds is 4. The van der Waals surface area contributed by atoms with Gasteiger partial charge in [0.05, 0.1) is 24.6 Å². The second-order valence-electron chi connectivity index (χ2n) is 6.72. The van der Waals surface area contributed by atoms with Crippen LogP contribution < -0.4 is 0 Å². The number of hydrogen-bond acceptors (Lipinski definition) is 3. The lowest BCUT2D eigenvalue weighted by Crippen LogP contribution is -2.60. The predicted molar refractivity (Wildman–Crippen MR) is 78.1 cm³/mol. The minimum atomic E-state index is -0.716. The predicted octanol–water partition coefficient (Wildman–Crippen LogP) is 1.65. The van der Waals surface area contributed by atoms with Crippen molar-refractivity contribution < 1.29 is 19.4 Å². The van der Waals surface area contributed by atoms with Crippen molar-refractivity contribution in [3.63, 3.8) is 0 Å². The standard InChI is InChI=1S/C15H26N2O4/c1-11(2)8-15(13(18)19)4-6-16(7-5-15)14(20)17-9-12(10-17)21-3/h11-12H,4-10H2,1-3H3,(H,18,19). The molecule has 120 valence electrons. The van der Waals surface area contributed by atoms with Crippen molar-refractivity contribution in [3.05, 3.63) is 0 Å². The van der Waals surface area contributed by atoms with Crippen LogP contribution in [-0.4, -0.2) is 66.3 Å². The molecular weight excluding hydrogens is 272 g/mol. The molecule has 2 aliphatic rings. The number of likely N-dealkylation sites (tertiary alicyclic amines) is 2. The lowest BCUT2D eigenvalue weighted by Gasteiger charge is -2.45. The summed E-state index contributed by atoms with van der Waals surface area (Å²) in [6.45, 7) is 6.45. The molecule has 0 aliphatic carbocycles. The van der Waals surface area contributed by atoms with Gasteiger partial charge in [-0.15, -0.1) is 0 Å². The zero-order chi connectivity index (χ0) is 15.6. The molecule has 6 nitrogen and oxygen atoms in total. The SMILES string of the molecule is COC1CN(C(=O)N2CCC(CC(C)C)(C(=O)O)CC2)C1. The van der Waals surface area contributed by atoms with Crippen LogP contribution in [0.25, 0.3) is 0 Å². The summed E-state index contributed by atoms with van der Waals surface area (Å²) in [7, 11) is 1.65. The number of urea groups is 1. The Morgan fingerprint density at radius 1 is 1.24 bits per heavy atom. The maximum absolute atomic E-state index is 12.3. The Balaban J connectivity index is 1.90. The second-order valence-corrected chi connectivity index (χ2v) is 6.72. The molecule has 1 N–H and O–H groups in total. The van der Waals surface area contributed by atoms with Gasteiger partial charge >= 0.3 is 12.0 Å². The summed E-state index contributed by atoms with van der Waals surface area (Å²) in [4.78, 5) is 27.5. The number of ether oxygens (including phenoxy) is 1. The van der Waals surface area contributed by atoms with Gasteiger partial charge in [0.1, 0.15) is 0 Å². The summed E-state index contributed by atoms with van der Waals surface area (Å²) < 4.78 is 5.17. The molecule has 2 rings (SSSR count). The van der Waals surface area contributed by atoms with Crippen molar-refractivity contribution >= 4 is 12.0 Å². The Labute approximate surface area is 126 Å². The third kappa shape index (κ3) is 3.31. The van der Waals surface area contributed by atoms with Crippen LogP contribution in [0.2, 0.25) is 0 Å². The van der Waals surface area contributed by atoms with Gasteiger partial charge in [-0.3, -0.25) is 4.79 Å². The Morgan fingerprint density at radius 3 is 2.24 bits per heavy atom. The highest BCUT2D eigenvalue weighted by Crippen LogP contribution is 2.38. The molecule has 2 fully saturated rings. The quantitative estimate of drug-likeness (QED) is 0.857. The number of carbonyl (C=O) groups is 2. The van der Waals surface area contributed by atoms with Gasteiger partial charge < -0.3 is 19.6 Å². The molecule has 21 heavy (non-hydrogen) atoms. The Hall–Kier alpha value is -1.30. The number of carbonyl (C=O) groups excluding carboxylic acids is 1. The smallest absolute Gasteiger partial charge is 0.320 e. The fraction of sp³-hybridized carbons (Fsp3) is 0.867. The van der Waals surface area contributed by atoms with Crippen LogP contribution in [0.1, 0.15) is 33.1 Å². The number of aliphatic carboxylic acids is 1. The average molecular weight is 298 g/mol. The Morgan fingerprint density at radius 2 is 1.81 bits per heavy atom. The summed E-state index contributed by atoms with van der Waals surface area (Å²) in [5.41, 5.74) is -0.658. The number of amides is 2. The first kappa shape index (κ1) is 16.1. The molecule has 2 heterocycles. The van der Waals surface area contributed by atoms with E-state index in [2.05, 4.69) is 0 Å². The molecule has 0 radical (unpaired) electrons. The monoisotopic (exact) mass is 298 g/mol. The van der Waals surface area contributed by atoms with E-state index >= 15 is 0 Å². The Kier molecular flexibility index (Phi) is 4.76. The fourth-order valence-electron chi connectivity index (χ4n) is 3.36. The van der Waals surface area contributed by atoms with E-state index in [4.69, 9.17) is 4.74 Å². The number of nitrogens with zero attached hydrogens (tertiary/aromatic N) is 2. The van der Waals surface area contributed by atoms with Crippen LogP contribution >= 0.6 is 0 Å². The van der Waals surface area contributed by atoms with Crippen molar-refractivity contribution in [1.82, 2.24) is 9.80 Å². The van der Waals surface area contributed by atoms with Gasteiger partial charge in [-0.05, 0) is 25.2 Å².